The molecule has 0 saturated carbocycles. The Labute approximate surface area is 161 Å². The molecule has 1 amide bonds. The lowest BCUT2D eigenvalue weighted by atomic mass is 10.1. The van der Waals surface area contributed by atoms with E-state index in [1.165, 1.54) is 31.2 Å². The van der Waals surface area contributed by atoms with Gasteiger partial charge in [-0.05, 0) is 44.2 Å². The standard InChI is InChI=1S/C20H20FN3O4/c1-13-11-16(4-5-18(13)24(27)28)20(26)23-9-7-22(8-10-23)19-6-3-15(14(2)25)12-17(19)21/h3-6,11-12H,7-10H2,1-2H3. The number of nitro benzene ring substituents is 1. The first-order valence-electron chi connectivity index (χ1n) is 8.87. The van der Waals surface area contributed by atoms with Crippen molar-refractivity contribution in [3.8, 4) is 0 Å². The molecule has 7 nitrogen and oxygen atoms in total. The average molecular weight is 385 g/mol. The third kappa shape index (κ3) is 3.85. The number of Topliss-reactive ketones (excluding diaryl/α,β-unsaturated/α-hetero) is 1. The number of hydrogen-bond acceptors (Lipinski definition) is 5. The lowest BCUT2D eigenvalue weighted by Gasteiger charge is -2.36. The predicted octanol–water partition coefficient (Wildman–Crippen LogP) is 3.21. The highest BCUT2D eigenvalue weighted by atomic mass is 19.1. The fourth-order valence-corrected chi connectivity index (χ4v) is 3.31. The molecule has 0 unspecified atom stereocenters. The molecule has 8 heteroatoms. The number of nitrogens with zero attached hydrogens (tertiary/aromatic N) is 3. The van der Waals surface area contributed by atoms with Crippen molar-refractivity contribution in [3.05, 3.63) is 69.0 Å². The number of anilines is 1. The third-order valence-electron chi connectivity index (χ3n) is 4.90. The van der Waals surface area contributed by atoms with Crippen LogP contribution >= 0.6 is 0 Å². The van der Waals surface area contributed by atoms with Crippen molar-refractivity contribution in [2.24, 2.45) is 0 Å². The van der Waals surface area contributed by atoms with E-state index >= 15 is 0 Å². The summed E-state index contributed by atoms with van der Waals surface area (Å²) in [6.45, 7) is 4.70. The molecule has 1 fully saturated rings. The van der Waals surface area contributed by atoms with Gasteiger partial charge in [0, 0.05) is 48.9 Å². The Morgan fingerprint density at radius 2 is 1.68 bits per heavy atom. The molecule has 1 heterocycles. The number of nitro groups is 1. The molecule has 0 spiro atoms. The molecule has 2 aromatic rings. The maximum Gasteiger partial charge on any atom is 0.272 e. The van der Waals surface area contributed by atoms with Gasteiger partial charge in [-0.25, -0.2) is 4.39 Å². The SMILES string of the molecule is CC(=O)c1ccc(N2CCN(C(=O)c3ccc([N+](=O)[O-])c(C)c3)CC2)c(F)c1. The van der Waals surface area contributed by atoms with Crippen molar-refractivity contribution < 1.29 is 18.9 Å². The minimum atomic E-state index is -0.478. The largest absolute Gasteiger partial charge is 0.366 e. The number of amides is 1. The zero-order valence-corrected chi connectivity index (χ0v) is 15.6. The predicted molar refractivity (Wildman–Crippen MR) is 102 cm³/mol. The number of aryl methyl sites for hydroxylation is 1. The number of carbonyl (C=O) groups excluding carboxylic acids is 2. The van der Waals surface area contributed by atoms with Crippen molar-refractivity contribution in [3.63, 3.8) is 0 Å². The quantitative estimate of drug-likeness (QED) is 0.458. The summed E-state index contributed by atoms with van der Waals surface area (Å²) >= 11 is 0. The summed E-state index contributed by atoms with van der Waals surface area (Å²) in [5.41, 5.74) is 1.54. The van der Waals surface area contributed by atoms with E-state index in [4.69, 9.17) is 0 Å². The number of ketones is 1. The summed E-state index contributed by atoms with van der Waals surface area (Å²) < 4.78 is 14.3. The van der Waals surface area contributed by atoms with E-state index in [-0.39, 0.29) is 17.4 Å². The smallest absolute Gasteiger partial charge is 0.272 e. The Morgan fingerprint density at radius 1 is 1.04 bits per heavy atom. The van der Waals surface area contributed by atoms with Gasteiger partial charge in [0.2, 0.25) is 0 Å². The summed E-state index contributed by atoms with van der Waals surface area (Å²) in [7, 11) is 0. The zero-order valence-electron chi connectivity index (χ0n) is 15.6. The summed E-state index contributed by atoms with van der Waals surface area (Å²) in [6, 6.07) is 8.73. The van der Waals surface area contributed by atoms with E-state index in [1.807, 2.05) is 4.90 Å². The first-order chi connectivity index (χ1) is 13.3. The molecule has 3 rings (SSSR count). The lowest BCUT2D eigenvalue weighted by molar-refractivity contribution is -0.385. The van der Waals surface area contributed by atoms with Crippen LogP contribution < -0.4 is 4.90 Å². The molecule has 1 aliphatic heterocycles. The normalized spacial score (nSPS) is 14.1. The number of benzene rings is 2. The molecule has 28 heavy (non-hydrogen) atoms. The molecule has 1 saturated heterocycles. The molecule has 2 aromatic carbocycles. The molecular weight excluding hydrogens is 365 g/mol. The number of piperazine rings is 1. The fourth-order valence-electron chi connectivity index (χ4n) is 3.31. The highest BCUT2D eigenvalue weighted by molar-refractivity contribution is 5.95. The van der Waals surface area contributed by atoms with Gasteiger partial charge in [0.1, 0.15) is 5.82 Å². The van der Waals surface area contributed by atoms with Crippen LogP contribution in [0.15, 0.2) is 36.4 Å². The minimum absolute atomic E-state index is 0.0224. The second-order valence-corrected chi connectivity index (χ2v) is 6.76. The molecule has 146 valence electrons. The monoisotopic (exact) mass is 385 g/mol. The molecule has 0 aliphatic carbocycles. The van der Waals surface area contributed by atoms with Crippen molar-refractivity contribution in [2.75, 3.05) is 31.1 Å². The van der Waals surface area contributed by atoms with Crippen LogP contribution in [0.2, 0.25) is 0 Å². The fraction of sp³-hybridized carbons (Fsp3) is 0.300. The number of rotatable bonds is 4. The summed E-state index contributed by atoms with van der Waals surface area (Å²) in [5.74, 6) is -0.859. The molecular formula is C20H20FN3O4. The van der Waals surface area contributed by atoms with Crippen molar-refractivity contribution in [1.29, 1.82) is 0 Å². The summed E-state index contributed by atoms with van der Waals surface area (Å²) in [5, 5.41) is 10.9. The Balaban J connectivity index is 1.68. The van der Waals surface area contributed by atoms with Crippen LogP contribution in [0.4, 0.5) is 15.8 Å². The lowest BCUT2D eigenvalue weighted by Crippen LogP contribution is -2.49. The van der Waals surface area contributed by atoms with E-state index < -0.39 is 10.7 Å². The van der Waals surface area contributed by atoms with E-state index in [0.717, 1.165) is 0 Å². The van der Waals surface area contributed by atoms with Gasteiger partial charge in [-0.15, -0.1) is 0 Å². The molecule has 1 aliphatic rings. The van der Waals surface area contributed by atoms with Crippen LogP contribution in [0.25, 0.3) is 0 Å². The van der Waals surface area contributed by atoms with E-state index in [1.54, 1.807) is 24.0 Å². The molecule has 0 aromatic heterocycles. The first kappa shape index (κ1) is 19.5. The summed E-state index contributed by atoms with van der Waals surface area (Å²) in [6.07, 6.45) is 0. The third-order valence-corrected chi connectivity index (χ3v) is 4.90. The van der Waals surface area contributed by atoms with Gasteiger partial charge in [-0.1, -0.05) is 0 Å². The number of carbonyl (C=O) groups is 2. The van der Waals surface area contributed by atoms with Crippen LogP contribution in [0.5, 0.6) is 0 Å². The zero-order chi connectivity index (χ0) is 20.4. The summed E-state index contributed by atoms with van der Waals surface area (Å²) in [4.78, 5) is 38.0. The first-order valence-corrected chi connectivity index (χ1v) is 8.87. The maximum absolute atomic E-state index is 14.3. The van der Waals surface area contributed by atoms with Crippen LogP contribution in [0.1, 0.15) is 33.2 Å². The highest BCUT2D eigenvalue weighted by Gasteiger charge is 2.25. The number of halogens is 1. The molecule has 0 atom stereocenters. The van der Waals surface area contributed by atoms with Crippen molar-refractivity contribution in [2.45, 2.75) is 13.8 Å². The minimum Gasteiger partial charge on any atom is -0.366 e. The van der Waals surface area contributed by atoms with E-state index in [9.17, 15) is 24.1 Å². The molecule has 0 radical (unpaired) electrons. The van der Waals surface area contributed by atoms with Crippen molar-refractivity contribution in [1.82, 2.24) is 4.90 Å². The van der Waals surface area contributed by atoms with E-state index in [2.05, 4.69) is 0 Å². The Bertz CT molecular complexity index is 952. The maximum atomic E-state index is 14.3. The van der Waals surface area contributed by atoms with Crippen molar-refractivity contribution >= 4 is 23.1 Å². The second-order valence-electron chi connectivity index (χ2n) is 6.76. The highest BCUT2D eigenvalue weighted by Crippen LogP contribution is 2.24. The molecule has 0 N–H and O–H groups in total. The van der Waals surface area contributed by atoms with Gasteiger partial charge in [0.15, 0.2) is 5.78 Å². The Hall–Kier alpha value is -3.29. The van der Waals surface area contributed by atoms with Crippen LogP contribution in [-0.4, -0.2) is 47.7 Å². The average Bonchev–Trinajstić information content (AvgIpc) is 2.67. The van der Waals surface area contributed by atoms with Gasteiger partial charge in [-0.2, -0.15) is 0 Å². The molecule has 0 bridgehead atoms. The van der Waals surface area contributed by atoms with E-state index in [0.29, 0.717) is 48.6 Å². The van der Waals surface area contributed by atoms with Gasteiger partial charge >= 0.3 is 0 Å². The van der Waals surface area contributed by atoms with Gasteiger partial charge in [-0.3, -0.25) is 19.7 Å². The topological polar surface area (TPSA) is 83.8 Å². The van der Waals surface area contributed by atoms with Gasteiger partial charge < -0.3 is 9.80 Å². The number of hydrogen-bond donors (Lipinski definition) is 0. The second kappa shape index (κ2) is 7.75. The van der Waals surface area contributed by atoms with Gasteiger partial charge in [0.25, 0.3) is 11.6 Å². The Morgan fingerprint density at radius 3 is 2.21 bits per heavy atom. The van der Waals surface area contributed by atoms with Crippen LogP contribution in [-0.2, 0) is 0 Å². The van der Waals surface area contributed by atoms with Gasteiger partial charge in [0.05, 0.1) is 10.6 Å². The van der Waals surface area contributed by atoms with Crippen LogP contribution in [0, 0.1) is 22.9 Å². The Kier molecular flexibility index (Phi) is 5.39. The van der Waals surface area contributed by atoms with Crippen LogP contribution in [0.3, 0.4) is 0 Å².